The number of ether oxygens (including phenoxy) is 1. The lowest BCUT2D eigenvalue weighted by Crippen LogP contribution is -2.14. The molecule has 0 bridgehead atoms. The minimum Gasteiger partial charge on any atom is -0.444 e. The van der Waals surface area contributed by atoms with Crippen molar-refractivity contribution in [2.24, 2.45) is 0 Å². The van der Waals surface area contributed by atoms with Gasteiger partial charge in [-0.15, -0.1) is 0 Å². The Kier molecular flexibility index (Phi) is 4.36. The number of halogens is 2. The molecule has 0 atom stereocenters. The van der Waals surface area contributed by atoms with E-state index in [0.29, 0.717) is 0 Å². The summed E-state index contributed by atoms with van der Waals surface area (Å²) in [7, 11) is 0. The molecular weight excluding hydrogens is 269 g/mol. The maximum absolute atomic E-state index is 13.5. The van der Waals surface area contributed by atoms with Gasteiger partial charge in [-0.3, -0.25) is 5.32 Å². The number of rotatable bonds is 3. The fourth-order valence-electron chi connectivity index (χ4n) is 1.47. The van der Waals surface area contributed by atoms with Gasteiger partial charge in [0.25, 0.3) is 0 Å². The highest BCUT2D eigenvalue weighted by atomic mass is 35.5. The summed E-state index contributed by atoms with van der Waals surface area (Å²) >= 11 is 5.60. The molecule has 0 fully saturated rings. The summed E-state index contributed by atoms with van der Waals surface area (Å²) in [5.41, 5.74) is 0.842. The topological polar surface area (TPSA) is 38.3 Å². The molecule has 5 heteroatoms. The van der Waals surface area contributed by atoms with E-state index in [1.165, 1.54) is 18.2 Å². The third-order valence-electron chi connectivity index (χ3n) is 2.40. The average Bonchev–Trinajstić information content (AvgIpc) is 2.43. The largest absolute Gasteiger partial charge is 0.444 e. The molecule has 0 radical (unpaired) electrons. The van der Waals surface area contributed by atoms with E-state index in [2.05, 4.69) is 5.32 Å². The van der Waals surface area contributed by atoms with Crippen LogP contribution < -0.4 is 5.32 Å². The van der Waals surface area contributed by atoms with Gasteiger partial charge in [-0.25, -0.2) is 9.18 Å². The lowest BCUT2D eigenvalue weighted by molar-refractivity contribution is 0.155. The third kappa shape index (κ3) is 3.69. The minimum atomic E-state index is -0.731. The summed E-state index contributed by atoms with van der Waals surface area (Å²) in [5, 5.41) is 2.25. The standard InChI is InChI=1S/C14H11ClFNO2/c15-11-7-4-8-12(13(11)16)17-14(18)19-9-10-5-2-1-3-6-10/h1-8H,9H2,(H,17,18). The van der Waals surface area contributed by atoms with E-state index >= 15 is 0 Å². The van der Waals surface area contributed by atoms with Gasteiger partial charge in [0.05, 0.1) is 10.7 Å². The number of hydrogen-bond acceptors (Lipinski definition) is 2. The lowest BCUT2D eigenvalue weighted by Gasteiger charge is -2.08. The van der Waals surface area contributed by atoms with Crippen LogP contribution in [0.1, 0.15) is 5.56 Å². The van der Waals surface area contributed by atoms with Crippen molar-refractivity contribution in [2.75, 3.05) is 5.32 Å². The first kappa shape index (κ1) is 13.4. The first-order chi connectivity index (χ1) is 9.16. The van der Waals surface area contributed by atoms with E-state index in [-0.39, 0.29) is 17.3 Å². The number of carbonyl (C=O) groups is 1. The van der Waals surface area contributed by atoms with Crippen LogP contribution in [0.4, 0.5) is 14.9 Å². The molecule has 0 saturated heterocycles. The first-order valence-electron chi connectivity index (χ1n) is 5.58. The van der Waals surface area contributed by atoms with Crippen molar-refractivity contribution in [2.45, 2.75) is 6.61 Å². The van der Waals surface area contributed by atoms with E-state index < -0.39 is 11.9 Å². The van der Waals surface area contributed by atoms with Crippen LogP contribution in [0.15, 0.2) is 48.5 Å². The summed E-state index contributed by atoms with van der Waals surface area (Å²) in [6.45, 7) is 0.120. The molecule has 0 aromatic heterocycles. The molecule has 0 spiro atoms. The third-order valence-corrected chi connectivity index (χ3v) is 2.69. The quantitative estimate of drug-likeness (QED) is 0.913. The zero-order valence-electron chi connectivity index (χ0n) is 9.90. The summed E-state index contributed by atoms with van der Waals surface area (Å²) in [4.78, 5) is 11.5. The molecule has 19 heavy (non-hydrogen) atoms. The van der Waals surface area contributed by atoms with Crippen LogP contribution in [0, 0.1) is 5.82 Å². The van der Waals surface area contributed by atoms with Gasteiger partial charge in [0.2, 0.25) is 0 Å². The second-order valence-corrected chi connectivity index (χ2v) is 4.20. The van der Waals surface area contributed by atoms with Crippen molar-refractivity contribution in [3.63, 3.8) is 0 Å². The molecular formula is C14H11ClFNO2. The van der Waals surface area contributed by atoms with Crippen LogP contribution in [-0.2, 0) is 11.3 Å². The molecule has 0 saturated carbocycles. The van der Waals surface area contributed by atoms with Crippen LogP contribution in [0.25, 0.3) is 0 Å². The summed E-state index contributed by atoms with van der Waals surface area (Å²) in [5.74, 6) is -0.680. The number of anilines is 1. The monoisotopic (exact) mass is 279 g/mol. The first-order valence-corrected chi connectivity index (χ1v) is 5.96. The second-order valence-electron chi connectivity index (χ2n) is 3.79. The minimum absolute atomic E-state index is 0.00874. The normalized spacial score (nSPS) is 10.0. The highest BCUT2D eigenvalue weighted by Gasteiger charge is 2.10. The molecule has 2 aromatic carbocycles. The predicted octanol–water partition coefficient (Wildman–Crippen LogP) is 4.23. The van der Waals surface area contributed by atoms with E-state index in [9.17, 15) is 9.18 Å². The molecule has 0 aliphatic carbocycles. The Morgan fingerprint density at radius 2 is 1.89 bits per heavy atom. The number of hydrogen-bond donors (Lipinski definition) is 1. The molecule has 2 rings (SSSR count). The Labute approximate surface area is 115 Å². The molecule has 1 amide bonds. The van der Waals surface area contributed by atoms with Gasteiger partial charge in [-0.05, 0) is 17.7 Å². The maximum atomic E-state index is 13.5. The Balaban J connectivity index is 1.93. The molecule has 2 aromatic rings. The van der Waals surface area contributed by atoms with Gasteiger partial charge in [0.1, 0.15) is 6.61 Å². The Hall–Kier alpha value is -2.07. The second kappa shape index (κ2) is 6.20. The van der Waals surface area contributed by atoms with Crippen molar-refractivity contribution in [3.8, 4) is 0 Å². The van der Waals surface area contributed by atoms with Crippen LogP contribution in [0.3, 0.4) is 0 Å². The lowest BCUT2D eigenvalue weighted by atomic mass is 10.2. The van der Waals surface area contributed by atoms with E-state index in [4.69, 9.17) is 16.3 Å². The van der Waals surface area contributed by atoms with E-state index in [0.717, 1.165) is 5.56 Å². The highest BCUT2D eigenvalue weighted by molar-refractivity contribution is 6.31. The number of nitrogens with one attached hydrogen (secondary N) is 1. The average molecular weight is 280 g/mol. The van der Waals surface area contributed by atoms with Crippen LogP contribution in [0.2, 0.25) is 5.02 Å². The molecule has 98 valence electrons. The highest BCUT2D eigenvalue weighted by Crippen LogP contribution is 2.22. The van der Waals surface area contributed by atoms with Gasteiger partial charge in [0.15, 0.2) is 5.82 Å². The number of benzene rings is 2. The Bertz CT molecular complexity index is 575. The van der Waals surface area contributed by atoms with Crippen LogP contribution in [0.5, 0.6) is 0 Å². The molecule has 0 aliphatic heterocycles. The molecule has 3 nitrogen and oxygen atoms in total. The SMILES string of the molecule is O=C(Nc1cccc(Cl)c1F)OCc1ccccc1. The smallest absolute Gasteiger partial charge is 0.412 e. The van der Waals surface area contributed by atoms with Gasteiger partial charge in [-0.2, -0.15) is 0 Å². The summed E-state index contributed by atoms with van der Waals surface area (Å²) in [6, 6.07) is 13.5. The Morgan fingerprint density at radius 1 is 1.16 bits per heavy atom. The Morgan fingerprint density at radius 3 is 2.63 bits per heavy atom. The van der Waals surface area contributed by atoms with Gasteiger partial charge < -0.3 is 4.74 Å². The van der Waals surface area contributed by atoms with Crippen molar-refractivity contribution < 1.29 is 13.9 Å². The summed E-state index contributed by atoms with van der Waals surface area (Å²) < 4.78 is 18.5. The molecule has 0 unspecified atom stereocenters. The molecule has 1 N–H and O–H groups in total. The fraction of sp³-hybridized carbons (Fsp3) is 0.0714. The van der Waals surface area contributed by atoms with Crippen molar-refractivity contribution in [1.82, 2.24) is 0 Å². The zero-order chi connectivity index (χ0) is 13.7. The van der Waals surface area contributed by atoms with Gasteiger partial charge >= 0.3 is 6.09 Å². The van der Waals surface area contributed by atoms with E-state index in [1.807, 2.05) is 30.3 Å². The fourth-order valence-corrected chi connectivity index (χ4v) is 1.64. The molecule has 0 aliphatic rings. The van der Waals surface area contributed by atoms with Crippen LogP contribution in [-0.4, -0.2) is 6.09 Å². The van der Waals surface area contributed by atoms with Gasteiger partial charge in [-0.1, -0.05) is 48.0 Å². The van der Waals surface area contributed by atoms with Crippen LogP contribution >= 0.6 is 11.6 Å². The van der Waals surface area contributed by atoms with Crippen molar-refractivity contribution >= 4 is 23.4 Å². The summed E-state index contributed by atoms with van der Waals surface area (Å²) in [6.07, 6.45) is -0.731. The predicted molar refractivity (Wildman–Crippen MR) is 71.7 cm³/mol. The molecule has 0 heterocycles. The van der Waals surface area contributed by atoms with E-state index in [1.54, 1.807) is 0 Å². The maximum Gasteiger partial charge on any atom is 0.412 e. The number of amides is 1. The van der Waals surface area contributed by atoms with Gasteiger partial charge in [0, 0.05) is 0 Å². The van der Waals surface area contributed by atoms with Crippen molar-refractivity contribution in [1.29, 1.82) is 0 Å². The zero-order valence-corrected chi connectivity index (χ0v) is 10.7. The number of carbonyl (C=O) groups excluding carboxylic acids is 1. The van der Waals surface area contributed by atoms with Crippen molar-refractivity contribution in [3.05, 3.63) is 64.9 Å².